The van der Waals surface area contributed by atoms with Gasteiger partial charge in [0.05, 0.1) is 5.69 Å². The van der Waals surface area contributed by atoms with Crippen LogP contribution in [-0.2, 0) is 19.2 Å². The average Bonchev–Trinajstić information content (AvgIpc) is 3.47. The van der Waals surface area contributed by atoms with Gasteiger partial charge in [0.1, 0.15) is 22.9 Å². The lowest BCUT2D eigenvalue weighted by molar-refractivity contribution is -0.150. The number of aromatic amines is 1. The van der Waals surface area contributed by atoms with Crippen LogP contribution < -0.4 is 15.4 Å². The summed E-state index contributed by atoms with van der Waals surface area (Å²) in [5, 5.41) is 26.6. The zero-order valence-corrected chi connectivity index (χ0v) is 21.8. The normalized spacial score (nSPS) is 19.4. The van der Waals surface area contributed by atoms with Crippen LogP contribution in [0.5, 0.6) is 0 Å². The molecule has 0 aliphatic carbocycles. The van der Waals surface area contributed by atoms with E-state index in [1.807, 2.05) is 0 Å². The second-order valence-corrected chi connectivity index (χ2v) is 11.1. The van der Waals surface area contributed by atoms with Crippen LogP contribution in [0.3, 0.4) is 0 Å². The number of oxime groups is 1. The molecule has 4 heterocycles. The van der Waals surface area contributed by atoms with Crippen LogP contribution in [0, 0.1) is 12.3 Å². The molecule has 1 unspecified atom stereocenters. The number of hydrogen-bond acceptors (Lipinski definition) is 13. The molecule has 36 heavy (non-hydrogen) atoms. The minimum absolute atomic E-state index is 0.0319. The van der Waals surface area contributed by atoms with Gasteiger partial charge in [-0.05, 0) is 24.0 Å². The molecule has 0 saturated carbocycles. The number of carbonyl (C=O) groups is 4. The highest BCUT2D eigenvalue weighted by atomic mass is 32.2. The van der Waals surface area contributed by atoms with Gasteiger partial charge in [0.25, 0.3) is 11.8 Å². The van der Waals surface area contributed by atoms with Crippen LogP contribution in [-0.4, -0.2) is 83.9 Å². The maximum absolute atomic E-state index is 13.0. The Morgan fingerprint density at radius 2 is 2.22 bits per heavy atom. The number of nitrogens with one attached hydrogen (secondary N) is 4. The van der Waals surface area contributed by atoms with Gasteiger partial charge in [-0.25, -0.2) is 14.6 Å². The first-order valence-corrected chi connectivity index (χ1v) is 13.7. The zero-order chi connectivity index (χ0) is 26.0. The molecule has 18 heteroatoms. The van der Waals surface area contributed by atoms with Crippen molar-refractivity contribution in [2.24, 2.45) is 5.16 Å². The summed E-state index contributed by atoms with van der Waals surface area (Å²) in [5.41, 5.74) is 0.226. The summed E-state index contributed by atoms with van der Waals surface area (Å²) in [7, 11) is 1.31. The van der Waals surface area contributed by atoms with Gasteiger partial charge in [0.2, 0.25) is 0 Å². The smallest absolute Gasteiger partial charge is 0.433 e. The summed E-state index contributed by atoms with van der Waals surface area (Å²) >= 11 is 4.87. The summed E-state index contributed by atoms with van der Waals surface area (Å²) in [6.45, 7) is 1.76. The number of rotatable bonds is 8. The number of H-pyrrole nitrogens is 1. The van der Waals surface area contributed by atoms with E-state index in [0.29, 0.717) is 27.2 Å². The van der Waals surface area contributed by atoms with E-state index < -0.39 is 35.3 Å². The van der Waals surface area contributed by atoms with Crippen molar-refractivity contribution in [1.29, 1.82) is 5.41 Å². The Balaban J connectivity index is 1.50. The third-order valence-electron chi connectivity index (χ3n) is 4.85. The molecule has 0 bridgehead atoms. The fraction of sp³-hybridized carbons (Fsp3) is 0.333. The maximum atomic E-state index is 13.0. The first-order chi connectivity index (χ1) is 17.2. The third kappa shape index (κ3) is 5.30. The lowest BCUT2D eigenvalue weighted by Crippen LogP contribution is -2.71. The topological polar surface area (TPSA) is 203 Å². The molecule has 1 saturated heterocycles. The zero-order valence-electron chi connectivity index (χ0n) is 18.6. The van der Waals surface area contributed by atoms with E-state index in [9.17, 15) is 24.3 Å². The van der Waals surface area contributed by atoms with Crippen molar-refractivity contribution in [3.63, 3.8) is 0 Å². The number of amides is 3. The fourth-order valence-corrected chi connectivity index (χ4v) is 6.96. The van der Waals surface area contributed by atoms with Crippen LogP contribution in [0.2, 0.25) is 0 Å². The van der Waals surface area contributed by atoms with Gasteiger partial charge >= 0.3 is 12.1 Å². The van der Waals surface area contributed by atoms with Crippen molar-refractivity contribution < 1.29 is 29.1 Å². The first kappa shape index (κ1) is 25.9. The number of thioether (sulfide) groups is 2. The molecule has 2 aliphatic heterocycles. The quantitative estimate of drug-likeness (QED) is 0.0966. The molecule has 0 radical (unpaired) electrons. The lowest BCUT2D eigenvalue weighted by Gasteiger charge is -2.49. The Bertz CT molecular complexity index is 1350. The van der Waals surface area contributed by atoms with E-state index in [0.717, 1.165) is 11.3 Å². The molecular formula is C18H18N8O6S4. The molecule has 2 aromatic rings. The Hall–Kier alpha value is -3.22. The Morgan fingerprint density at radius 1 is 1.44 bits per heavy atom. The molecule has 0 spiro atoms. The minimum atomic E-state index is -1.24. The van der Waals surface area contributed by atoms with Gasteiger partial charge in [-0.2, -0.15) is 4.37 Å². The summed E-state index contributed by atoms with van der Waals surface area (Å²) in [4.78, 5) is 62.1. The van der Waals surface area contributed by atoms with E-state index in [-0.39, 0.29) is 21.9 Å². The summed E-state index contributed by atoms with van der Waals surface area (Å²) in [6, 6.07) is -1.02. The molecule has 1 fully saturated rings. The number of aromatic nitrogens is 3. The largest absolute Gasteiger partial charge is 0.477 e. The van der Waals surface area contributed by atoms with Crippen molar-refractivity contribution >= 4 is 76.0 Å². The van der Waals surface area contributed by atoms with Crippen LogP contribution in [0.4, 0.5) is 4.79 Å². The highest BCUT2D eigenvalue weighted by molar-refractivity contribution is 8.01. The van der Waals surface area contributed by atoms with Crippen molar-refractivity contribution in [3.05, 3.63) is 33.0 Å². The van der Waals surface area contributed by atoms with Crippen LogP contribution in [0.15, 0.2) is 26.1 Å². The number of nitrogens with zero attached hydrogens (tertiary/aromatic N) is 4. The van der Waals surface area contributed by atoms with Gasteiger partial charge in [-0.15, -0.1) is 23.1 Å². The predicted molar refractivity (Wildman–Crippen MR) is 132 cm³/mol. The number of carboxylic acid groups (broad SMARTS) is 1. The van der Waals surface area contributed by atoms with Crippen LogP contribution >= 0.6 is 46.4 Å². The lowest BCUT2D eigenvalue weighted by atomic mass is 10.0. The fourth-order valence-electron chi connectivity index (χ4n) is 3.25. The molecule has 2 aromatic heterocycles. The van der Waals surface area contributed by atoms with Gasteiger partial charge < -0.3 is 20.7 Å². The number of carboxylic acids is 1. The molecule has 4 rings (SSSR count). The number of aliphatic carboxylic acids is 1. The van der Waals surface area contributed by atoms with Gasteiger partial charge in [0, 0.05) is 23.9 Å². The van der Waals surface area contributed by atoms with E-state index >= 15 is 0 Å². The Kier molecular flexibility index (Phi) is 7.76. The highest BCUT2D eigenvalue weighted by Crippen LogP contribution is 2.41. The number of carbonyl (C=O) groups excluding carboxylic acids is 3. The molecule has 190 valence electrons. The third-order valence-corrected chi connectivity index (χ3v) is 8.89. The summed E-state index contributed by atoms with van der Waals surface area (Å²) in [6.07, 6.45) is -0.916. The maximum Gasteiger partial charge on any atom is 0.433 e. The number of thiazole rings is 1. The van der Waals surface area contributed by atoms with E-state index in [1.54, 1.807) is 6.92 Å². The van der Waals surface area contributed by atoms with Gasteiger partial charge in [-0.3, -0.25) is 24.7 Å². The Morgan fingerprint density at radius 3 is 2.83 bits per heavy atom. The van der Waals surface area contributed by atoms with Crippen molar-refractivity contribution in [1.82, 2.24) is 29.9 Å². The monoisotopic (exact) mass is 570 g/mol. The predicted octanol–water partition coefficient (Wildman–Crippen LogP) is 0.307. The molecular weight excluding hydrogens is 553 g/mol. The summed E-state index contributed by atoms with van der Waals surface area (Å²) in [5.74, 6) is -1.36. The summed E-state index contributed by atoms with van der Waals surface area (Å²) < 4.78 is 4.80. The number of aryl methyl sites for hydroxylation is 1. The molecule has 14 nitrogen and oxygen atoms in total. The number of fused-ring (bicyclic) bond motifs is 1. The first-order valence-electron chi connectivity index (χ1n) is 10.0. The van der Waals surface area contributed by atoms with Crippen molar-refractivity contribution in [2.45, 2.75) is 22.7 Å². The number of hydrogen-bond donors (Lipinski definition) is 5. The van der Waals surface area contributed by atoms with Crippen LogP contribution in [0.1, 0.15) is 11.5 Å². The van der Waals surface area contributed by atoms with Gasteiger partial charge in [0.15, 0.2) is 14.9 Å². The number of β-lactam (4-membered cyclic amide) rings is 1. The molecule has 2 atom stereocenters. The Labute approximate surface area is 219 Å². The average molecular weight is 571 g/mol. The molecule has 5 N–H and O–H groups in total. The SMILES string of the molecule is CNC(=O)ON=C(C(=O)NC1C(=O)N2C(C(=O)O)=C(CSc3nc(C)ns3)CS[C@@H]12)c1csc(=N)[nH]1. The molecule has 3 amide bonds. The standard InChI is InChI=1S/C18H18N8O6S4/c1-6-21-18(36-25-6)35-4-7-3-33-14-10(13(28)26(14)11(7)15(29)30)23-12(27)9(24-32-17(31)20-2)8-5-34-16(19)22-8/h5,10,14H,3-4H2,1-2H3,(H2,19,22)(H,20,31)(H,23,27)(H,29,30)/t10?,14-/m0/s1. The second-order valence-electron chi connectivity index (χ2n) is 7.19. The van der Waals surface area contributed by atoms with Crippen molar-refractivity contribution in [3.8, 4) is 0 Å². The van der Waals surface area contributed by atoms with Crippen LogP contribution in [0.25, 0.3) is 0 Å². The van der Waals surface area contributed by atoms with E-state index in [2.05, 4.69) is 35.0 Å². The molecule has 0 aromatic carbocycles. The van der Waals surface area contributed by atoms with Gasteiger partial charge in [-0.1, -0.05) is 16.9 Å². The highest BCUT2D eigenvalue weighted by Gasteiger charge is 2.54. The van der Waals surface area contributed by atoms with E-state index in [1.165, 1.54) is 52.4 Å². The van der Waals surface area contributed by atoms with Crippen molar-refractivity contribution in [2.75, 3.05) is 18.6 Å². The second kappa shape index (κ2) is 10.8. The molecule has 2 aliphatic rings. The van der Waals surface area contributed by atoms with E-state index in [4.69, 9.17) is 5.41 Å². The minimum Gasteiger partial charge on any atom is -0.477 e.